The van der Waals surface area contributed by atoms with E-state index < -0.39 is 0 Å². The van der Waals surface area contributed by atoms with Gasteiger partial charge in [-0.15, -0.1) is 0 Å². The highest BCUT2D eigenvalue weighted by atomic mass is 16.6. The van der Waals surface area contributed by atoms with Crippen LogP contribution in [-0.4, -0.2) is 50.1 Å². The molecule has 1 N–H and O–H groups in total. The van der Waals surface area contributed by atoms with Gasteiger partial charge in [-0.05, 0) is 6.92 Å². The fraction of sp³-hybridized carbons (Fsp3) is 0.800. The molecule has 0 rings (SSSR count). The second kappa shape index (κ2) is 13.9. The number of carbonyl (C=O) groups excluding carboxylic acids is 2. The van der Waals surface area contributed by atoms with E-state index >= 15 is 0 Å². The third-order valence-electron chi connectivity index (χ3n) is 1.13. The molecule has 6 heteroatoms. The Bertz CT molecular complexity index is 180. The summed E-state index contributed by atoms with van der Waals surface area (Å²) >= 11 is 0. The summed E-state index contributed by atoms with van der Waals surface area (Å²) in [5.41, 5.74) is 0. The Morgan fingerprint density at radius 2 is 1.50 bits per heavy atom. The van der Waals surface area contributed by atoms with Crippen LogP contribution in [0.4, 0.5) is 0 Å². The predicted molar refractivity (Wildman–Crippen MR) is 56.8 cm³/mol. The van der Waals surface area contributed by atoms with Crippen LogP contribution in [0.3, 0.4) is 0 Å². The average Bonchev–Trinajstić information content (AvgIpc) is 2.22. The van der Waals surface area contributed by atoms with Crippen molar-refractivity contribution in [1.29, 1.82) is 0 Å². The number of esters is 2. The van der Waals surface area contributed by atoms with Crippen molar-refractivity contribution in [2.75, 3.05) is 33.0 Å². The Morgan fingerprint density at radius 1 is 1.00 bits per heavy atom. The molecule has 0 unspecified atom stereocenters. The molecule has 0 spiro atoms. The summed E-state index contributed by atoms with van der Waals surface area (Å²) in [4.78, 5) is 20.0. The lowest BCUT2D eigenvalue weighted by molar-refractivity contribution is -0.143. The van der Waals surface area contributed by atoms with E-state index in [9.17, 15) is 9.59 Å². The zero-order valence-corrected chi connectivity index (χ0v) is 10.0. The minimum atomic E-state index is -0.353. The van der Waals surface area contributed by atoms with Crippen molar-refractivity contribution in [1.82, 2.24) is 0 Å². The fourth-order valence-corrected chi connectivity index (χ4v) is 0.578. The smallest absolute Gasteiger partial charge is 0.302 e. The minimum absolute atomic E-state index is 0.0976. The molecular weight excluding hydrogens is 216 g/mol. The highest BCUT2D eigenvalue weighted by Gasteiger charge is 1.89. The Kier molecular flexibility index (Phi) is 15.0. The molecule has 16 heavy (non-hydrogen) atoms. The standard InChI is InChI=1S/C6H12O3.C4H8O3/c1-3-8-4-5-9-6(2)7;1-4(6)7-3-2-5/h3-5H2,1-2H3;5H,2-3H2,1H3. The molecule has 0 saturated heterocycles. The van der Waals surface area contributed by atoms with E-state index in [0.717, 1.165) is 0 Å². The summed E-state index contributed by atoms with van der Waals surface area (Å²) in [7, 11) is 0. The molecule has 0 bridgehead atoms. The van der Waals surface area contributed by atoms with Crippen LogP contribution in [0, 0.1) is 0 Å². The second-order valence-corrected chi connectivity index (χ2v) is 2.60. The summed E-state index contributed by atoms with van der Waals surface area (Å²) in [5, 5.41) is 8.04. The first kappa shape index (κ1) is 17.3. The van der Waals surface area contributed by atoms with Gasteiger partial charge in [-0.25, -0.2) is 0 Å². The summed E-state index contributed by atoms with van der Waals surface area (Å²) in [6.45, 7) is 6.12. The normalized spacial score (nSPS) is 8.75. The van der Waals surface area contributed by atoms with Gasteiger partial charge in [-0.2, -0.15) is 0 Å². The van der Waals surface area contributed by atoms with Crippen LogP contribution in [0.2, 0.25) is 0 Å². The quantitative estimate of drug-likeness (QED) is 0.521. The number of aliphatic hydroxyl groups is 1. The molecule has 0 atom stereocenters. The monoisotopic (exact) mass is 236 g/mol. The van der Waals surface area contributed by atoms with Gasteiger partial charge in [0.25, 0.3) is 0 Å². The van der Waals surface area contributed by atoms with E-state index in [2.05, 4.69) is 9.47 Å². The maximum atomic E-state index is 10.1. The van der Waals surface area contributed by atoms with Gasteiger partial charge in [-0.1, -0.05) is 0 Å². The van der Waals surface area contributed by atoms with Gasteiger partial charge in [0.15, 0.2) is 0 Å². The van der Waals surface area contributed by atoms with E-state index in [1.807, 2.05) is 6.92 Å². The number of ether oxygens (including phenoxy) is 3. The van der Waals surface area contributed by atoms with Crippen LogP contribution in [0.1, 0.15) is 20.8 Å². The van der Waals surface area contributed by atoms with Gasteiger partial charge < -0.3 is 19.3 Å². The maximum Gasteiger partial charge on any atom is 0.302 e. The van der Waals surface area contributed by atoms with Crippen LogP contribution in [0.5, 0.6) is 0 Å². The number of hydrogen-bond donors (Lipinski definition) is 1. The van der Waals surface area contributed by atoms with Crippen LogP contribution in [-0.2, 0) is 23.8 Å². The third kappa shape index (κ3) is 23.0. The molecule has 0 aromatic rings. The molecule has 0 radical (unpaired) electrons. The first-order valence-corrected chi connectivity index (χ1v) is 4.99. The average molecular weight is 236 g/mol. The number of hydrogen-bond acceptors (Lipinski definition) is 6. The summed E-state index contributed by atoms with van der Waals surface area (Å²) in [6, 6.07) is 0. The molecule has 0 fully saturated rings. The highest BCUT2D eigenvalue weighted by Crippen LogP contribution is 1.77. The van der Waals surface area contributed by atoms with Gasteiger partial charge in [0.2, 0.25) is 0 Å². The van der Waals surface area contributed by atoms with Crippen LogP contribution in [0.15, 0.2) is 0 Å². The van der Waals surface area contributed by atoms with Gasteiger partial charge in [-0.3, -0.25) is 9.59 Å². The lowest BCUT2D eigenvalue weighted by Gasteiger charge is -1.99. The summed E-state index contributed by atoms with van der Waals surface area (Å²) < 4.78 is 13.8. The third-order valence-corrected chi connectivity index (χ3v) is 1.13. The molecule has 0 amide bonds. The van der Waals surface area contributed by atoms with Crippen LogP contribution in [0.25, 0.3) is 0 Å². The Morgan fingerprint density at radius 3 is 1.81 bits per heavy atom. The van der Waals surface area contributed by atoms with E-state index in [4.69, 9.17) is 9.84 Å². The van der Waals surface area contributed by atoms with Crippen molar-refractivity contribution in [3.05, 3.63) is 0 Å². The molecule has 0 aromatic carbocycles. The summed E-state index contributed by atoms with van der Waals surface area (Å²) in [5.74, 6) is -0.608. The van der Waals surface area contributed by atoms with E-state index in [-0.39, 0.29) is 25.2 Å². The van der Waals surface area contributed by atoms with Crippen molar-refractivity contribution in [3.8, 4) is 0 Å². The van der Waals surface area contributed by atoms with E-state index in [1.54, 1.807) is 0 Å². The van der Waals surface area contributed by atoms with Gasteiger partial charge >= 0.3 is 11.9 Å². The SMILES string of the molecule is CC(=O)OCCO.CCOCCOC(C)=O. The summed E-state index contributed by atoms with van der Waals surface area (Å²) in [6.07, 6.45) is 0. The molecule has 0 aliphatic carbocycles. The molecule has 0 aliphatic heterocycles. The van der Waals surface area contributed by atoms with Gasteiger partial charge in [0.05, 0.1) is 13.2 Å². The molecule has 0 heterocycles. The molecule has 0 aromatic heterocycles. The first-order valence-electron chi connectivity index (χ1n) is 4.99. The molecule has 6 nitrogen and oxygen atoms in total. The minimum Gasteiger partial charge on any atom is -0.463 e. The molecule has 0 aliphatic rings. The van der Waals surface area contributed by atoms with Crippen LogP contribution < -0.4 is 0 Å². The van der Waals surface area contributed by atoms with Crippen molar-refractivity contribution in [3.63, 3.8) is 0 Å². The van der Waals surface area contributed by atoms with E-state index in [0.29, 0.717) is 19.8 Å². The van der Waals surface area contributed by atoms with Crippen LogP contribution >= 0.6 is 0 Å². The van der Waals surface area contributed by atoms with E-state index in [1.165, 1.54) is 13.8 Å². The number of carbonyl (C=O) groups is 2. The lowest BCUT2D eigenvalue weighted by Crippen LogP contribution is -2.06. The first-order chi connectivity index (χ1) is 7.54. The van der Waals surface area contributed by atoms with Gasteiger partial charge in [0.1, 0.15) is 13.2 Å². The Balaban J connectivity index is 0. The zero-order chi connectivity index (χ0) is 12.8. The Hall–Kier alpha value is -1.14. The second-order valence-electron chi connectivity index (χ2n) is 2.60. The number of rotatable bonds is 6. The topological polar surface area (TPSA) is 82.1 Å². The predicted octanol–water partition coefficient (Wildman–Crippen LogP) is 0.128. The van der Waals surface area contributed by atoms with Crippen molar-refractivity contribution >= 4 is 11.9 Å². The number of aliphatic hydroxyl groups excluding tert-OH is 1. The molecule has 0 saturated carbocycles. The molecular formula is C10H20O6. The molecule has 96 valence electrons. The zero-order valence-electron chi connectivity index (χ0n) is 10.0. The maximum absolute atomic E-state index is 10.1. The van der Waals surface area contributed by atoms with Crippen molar-refractivity contribution < 1.29 is 28.9 Å². The lowest BCUT2D eigenvalue weighted by atomic mass is 10.7. The van der Waals surface area contributed by atoms with Gasteiger partial charge in [0, 0.05) is 20.5 Å². The largest absolute Gasteiger partial charge is 0.463 e. The highest BCUT2D eigenvalue weighted by molar-refractivity contribution is 5.66. The van der Waals surface area contributed by atoms with Crippen molar-refractivity contribution in [2.45, 2.75) is 20.8 Å². The fourth-order valence-electron chi connectivity index (χ4n) is 0.578. The Labute approximate surface area is 95.5 Å². The van der Waals surface area contributed by atoms with Crippen molar-refractivity contribution in [2.24, 2.45) is 0 Å².